The lowest BCUT2D eigenvalue weighted by Crippen LogP contribution is -2.18. The molecule has 0 radical (unpaired) electrons. The van der Waals surface area contributed by atoms with E-state index in [2.05, 4.69) is 20.0 Å². The van der Waals surface area contributed by atoms with Gasteiger partial charge < -0.3 is 15.0 Å². The van der Waals surface area contributed by atoms with Gasteiger partial charge in [-0.15, -0.1) is 11.3 Å². The molecule has 2 N–H and O–H groups in total. The van der Waals surface area contributed by atoms with E-state index in [1.165, 1.54) is 7.11 Å². The fourth-order valence-corrected chi connectivity index (χ4v) is 2.10. The number of anilines is 1. The molecule has 8 heteroatoms. The van der Waals surface area contributed by atoms with Crippen molar-refractivity contribution in [3.05, 3.63) is 44.8 Å². The lowest BCUT2D eigenvalue weighted by atomic mass is 10.3. The summed E-state index contributed by atoms with van der Waals surface area (Å²) in [5.74, 6) is -1.11. The molecule has 0 saturated heterocycles. The number of esters is 1. The Morgan fingerprint density at radius 3 is 2.95 bits per heavy atom. The second-order valence-electron chi connectivity index (χ2n) is 3.41. The Balaban J connectivity index is 2.22. The van der Waals surface area contributed by atoms with Crippen LogP contribution in [-0.4, -0.2) is 29.0 Å². The van der Waals surface area contributed by atoms with E-state index in [-0.39, 0.29) is 10.6 Å². The van der Waals surface area contributed by atoms with E-state index in [4.69, 9.17) is 0 Å². The van der Waals surface area contributed by atoms with Crippen molar-refractivity contribution in [1.29, 1.82) is 0 Å². The van der Waals surface area contributed by atoms with Gasteiger partial charge >= 0.3 is 5.97 Å². The molecule has 2 aromatic rings. The average Bonchev–Trinajstić information content (AvgIpc) is 2.86. The van der Waals surface area contributed by atoms with Crippen LogP contribution in [0, 0.1) is 0 Å². The van der Waals surface area contributed by atoms with E-state index in [1.54, 1.807) is 11.4 Å². The number of nitrogens with zero attached hydrogens (tertiary/aromatic N) is 1. The number of ether oxygens (including phenoxy) is 1. The molecule has 1 amide bonds. The normalized spacial score (nSPS) is 9.95. The van der Waals surface area contributed by atoms with Crippen LogP contribution >= 0.6 is 11.3 Å². The van der Waals surface area contributed by atoms with Gasteiger partial charge in [0, 0.05) is 6.07 Å². The number of thiophene rings is 1. The molecule has 0 spiro atoms. The van der Waals surface area contributed by atoms with Gasteiger partial charge in [0.25, 0.3) is 11.5 Å². The third-order valence-electron chi connectivity index (χ3n) is 2.20. The maximum atomic E-state index is 11.9. The van der Waals surface area contributed by atoms with E-state index >= 15 is 0 Å². The van der Waals surface area contributed by atoms with Crippen molar-refractivity contribution in [2.24, 2.45) is 0 Å². The zero-order valence-electron chi connectivity index (χ0n) is 9.80. The molecule has 0 aromatic carbocycles. The third kappa shape index (κ3) is 2.86. The summed E-state index contributed by atoms with van der Waals surface area (Å²) in [5, 5.41) is 4.15. The molecule has 0 bridgehead atoms. The topological polar surface area (TPSA) is 101 Å². The monoisotopic (exact) mass is 279 g/mol. The summed E-state index contributed by atoms with van der Waals surface area (Å²) in [7, 11) is 1.26. The van der Waals surface area contributed by atoms with Crippen LogP contribution in [0.25, 0.3) is 0 Å². The van der Waals surface area contributed by atoms with Gasteiger partial charge in [0.05, 0.1) is 19.1 Å². The first-order valence-corrected chi connectivity index (χ1v) is 6.01. The quantitative estimate of drug-likeness (QED) is 0.812. The number of carbonyl (C=O) groups is 2. The number of hydrogen-bond donors (Lipinski definition) is 2. The van der Waals surface area contributed by atoms with Crippen LogP contribution in [0.2, 0.25) is 0 Å². The summed E-state index contributed by atoms with van der Waals surface area (Å²) in [6.07, 6.45) is 1.13. The lowest BCUT2D eigenvalue weighted by Gasteiger charge is -2.04. The van der Waals surface area contributed by atoms with E-state index in [0.717, 1.165) is 23.7 Å². The minimum atomic E-state index is -0.574. The zero-order valence-corrected chi connectivity index (χ0v) is 10.6. The summed E-state index contributed by atoms with van der Waals surface area (Å²) < 4.78 is 4.59. The smallest absolute Gasteiger partial charge is 0.350 e. The molecular formula is C11H9N3O4S. The van der Waals surface area contributed by atoms with Crippen molar-refractivity contribution >= 4 is 28.9 Å². The maximum Gasteiger partial charge on any atom is 0.350 e. The number of H-pyrrole nitrogens is 1. The molecule has 0 atom stereocenters. The maximum absolute atomic E-state index is 11.9. The van der Waals surface area contributed by atoms with E-state index in [9.17, 15) is 14.4 Å². The van der Waals surface area contributed by atoms with Crippen LogP contribution < -0.4 is 10.9 Å². The summed E-state index contributed by atoms with van der Waals surface area (Å²) in [5.41, 5.74) is -0.145. The second-order valence-corrected chi connectivity index (χ2v) is 4.32. The van der Waals surface area contributed by atoms with Gasteiger partial charge in [0.1, 0.15) is 10.6 Å². The number of aromatic amines is 1. The molecule has 0 saturated carbocycles. The van der Waals surface area contributed by atoms with E-state index in [0.29, 0.717) is 5.69 Å². The standard InChI is InChI=1S/C11H9N3O4S/c1-18-11(17)9-6(2-3-19-9)14-10(16)7-4-8(15)13-5-12-7/h2-5H,1H3,(H,14,16)(H,12,13,15). The average molecular weight is 279 g/mol. The number of nitrogens with one attached hydrogen (secondary N) is 2. The highest BCUT2D eigenvalue weighted by molar-refractivity contribution is 7.12. The predicted molar refractivity (Wildman–Crippen MR) is 68.5 cm³/mol. The van der Waals surface area contributed by atoms with Gasteiger partial charge in [-0.05, 0) is 11.4 Å². The minimum Gasteiger partial charge on any atom is -0.465 e. The number of amides is 1. The summed E-state index contributed by atoms with van der Waals surface area (Å²) in [6, 6.07) is 2.64. The molecule has 19 heavy (non-hydrogen) atoms. The largest absolute Gasteiger partial charge is 0.465 e. The van der Waals surface area contributed by atoms with Gasteiger partial charge in [-0.1, -0.05) is 0 Å². The SMILES string of the molecule is COC(=O)c1sccc1NC(=O)c1cc(=O)[nH]cn1. The Labute approximate surface area is 111 Å². The number of hydrogen-bond acceptors (Lipinski definition) is 6. The molecule has 0 aliphatic rings. The van der Waals surface area contributed by atoms with Crippen LogP contribution in [0.1, 0.15) is 20.2 Å². The molecule has 2 heterocycles. The minimum absolute atomic E-state index is 0.0363. The van der Waals surface area contributed by atoms with Crippen molar-refractivity contribution in [3.63, 3.8) is 0 Å². The Morgan fingerprint density at radius 1 is 1.47 bits per heavy atom. The summed E-state index contributed by atoms with van der Waals surface area (Å²) in [6.45, 7) is 0. The Hall–Kier alpha value is -2.48. The number of carbonyl (C=O) groups excluding carboxylic acids is 2. The highest BCUT2D eigenvalue weighted by Gasteiger charge is 2.16. The highest BCUT2D eigenvalue weighted by Crippen LogP contribution is 2.23. The molecule has 0 fully saturated rings. The van der Waals surface area contributed by atoms with Gasteiger partial charge in [0.15, 0.2) is 0 Å². The van der Waals surface area contributed by atoms with Crippen LogP contribution in [0.15, 0.2) is 28.6 Å². The molecule has 98 valence electrons. The summed E-state index contributed by atoms with van der Waals surface area (Å²) in [4.78, 5) is 40.7. The van der Waals surface area contributed by atoms with Crippen LogP contribution in [0.4, 0.5) is 5.69 Å². The second kappa shape index (κ2) is 5.44. The van der Waals surface area contributed by atoms with E-state index in [1.807, 2.05) is 0 Å². The van der Waals surface area contributed by atoms with Gasteiger partial charge in [-0.3, -0.25) is 9.59 Å². The van der Waals surface area contributed by atoms with Crippen molar-refractivity contribution in [2.45, 2.75) is 0 Å². The lowest BCUT2D eigenvalue weighted by molar-refractivity contribution is 0.0607. The predicted octanol–water partition coefficient (Wildman–Crippen LogP) is 0.870. The molecule has 2 rings (SSSR count). The van der Waals surface area contributed by atoms with Crippen LogP contribution in [0.3, 0.4) is 0 Å². The number of methoxy groups -OCH3 is 1. The fraction of sp³-hybridized carbons (Fsp3) is 0.0909. The van der Waals surface area contributed by atoms with Crippen LogP contribution in [0.5, 0.6) is 0 Å². The highest BCUT2D eigenvalue weighted by atomic mass is 32.1. The molecular weight excluding hydrogens is 270 g/mol. The van der Waals surface area contributed by atoms with Crippen molar-refractivity contribution in [3.8, 4) is 0 Å². The van der Waals surface area contributed by atoms with Gasteiger partial charge in [-0.2, -0.15) is 0 Å². The Morgan fingerprint density at radius 2 is 2.26 bits per heavy atom. The van der Waals surface area contributed by atoms with Gasteiger partial charge in [-0.25, -0.2) is 9.78 Å². The Kier molecular flexibility index (Phi) is 3.71. The number of rotatable bonds is 3. The molecule has 0 aliphatic carbocycles. The first kappa shape index (κ1) is 13.0. The number of aromatic nitrogens is 2. The molecule has 0 unspecified atom stereocenters. The first-order chi connectivity index (χ1) is 9.11. The Bertz CT molecular complexity index is 676. The molecule has 2 aromatic heterocycles. The van der Waals surface area contributed by atoms with E-state index < -0.39 is 17.4 Å². The van der Waals surface area contributed by atoms with Crippen molar-refractivity contribution in [1.82, 2.24) is 9.97 Å². The third-order valence-corrected chi connectivity index (χ3v) is 3.09. The first-order valence-electron chi connectivity index (χ1n) is 5.13. The molecule has 0 aliphatic heterocycles. The van der Waals surface area contributed by atoms with Crippen LogP contribution in [-0.2, 0) is 4.74 Å². The van der Waals surface area contributed by atoms with Gasteiger partial charge in [0.2, 0.25) is 0 Å². The fourth-order valence-electron chi connectivity index (χ4n) is 1.34. The zero-order chi connectivity index (χ0) is 13.8. The molecule has 7 nitrogen and oxygen atoms in total. The summed E-state index contributed by atoms with van der Waals surface area (Å²) >= 11 is 1.14. The van der Waals surface area contributed by atoms with Crippen molar-refractivity contribution < 1.29 is 14.3 Å². The van der Waals surface area contributed by atoms with Crippen molar-refractivity contribution in [2.75, 3.05) is 12.4 Å².